The largest absolute Gasteiger partial charge is 0.447 e. The molecule has 0 radical (unpaired) electrons. The van der Waals surface area contributed by atoms with Gasteiger partial charge in [-0.15, -0.1) is 0 Å². The lowest BCUT2D eigenvalue weighted by atomic mass is 9.89. The summed E-state index contributed by atoms with van der Waals surface area (Å²) in [6.07, 6.45) is 0.457. The minimum absolute atomic E-state index is 0.0285. The first-order valence-corrected chi connectivity index (χ1v) is 9.26. The van der Waals surface area contributed by atoms with Crippen LogP contribution in [0.15, 0.2) is 42.5 Å². The van der Waals surface area contributed by atoms with Crippen molar-refractivity contribution in [3.05, 3.63) is 59.7 Å². The van der Waals surface area contributed by atoms with Gasteiger partial charge in [-0.2, -0.15) is 0 Å². The predicted octanol–water partition coefficient (Wildman–Crippen LogP) is 3.45. The van der Waals surface area contributed by atoms with Gasteiger partial charge in [-0.1, -0.05) is 24.3 Å². The maximum atomic E-state index is 14.5. The van der Waals surface area contributed by atoms with Gasteiger partial charge in [-0.3, -0.25) is 4.79 Å². The Morgan fingerprint density at radius 2 is 1.89 bits per heavy atom. The topological polar surface area (TPSA) is 58.6 Å². The van der Waals surface area contributed by atoms with Crippen molar-refractivity contribution in [2.24, 2.45) is 0 Å². The Morgan fingerprint density at radius 3 is 2.54 bits per heavy atom. The Kier molecular flexibility index (Phi) is 4.98. The zero-order chi connectivity index (χ0) is 19.7. The zero-order valence-electron chi connectivity index (χ0n) is 15.2. The number of likely N-dealkylation sites (tertiary alicyclic amines) is 1. The average molecular weight is 386 g/mol. The second kappa shape index (κ2) is 7.58. The number of cyclic esters (lactones) is 1. The van der Waals surface area contributed by atoms with Crippen molar-refractivity contribution in [1.29, 1.82) is 0 Å². The number of nitrogens with zero attached hydrogens (tertiary/aromatic N) is 1. The fourth-order valence-electron chi connectivity index (χ4n) is 3.58. The summed E-state index contributed by atoms with van der Waals surface area (Å²) in [5.74, 6) is -0.579. The molecule has 28 heavy (non-hydrogen) atoms. The third-order valence-corrected chi connectivity index (χ3v) is 5.30. The van der Waals surface area contributed by atoms with Crippen LogP contribution in [0.1, 0.15) is 24.3 Å². The molecule has 2 aliphatic heterocycles. The summed E-state index contributed by atoms with van der Waals surface area (Å²) in [4.78, 5) is 25.0. The lowest BCUT2D eigenvalue weighted by molar-refractivity contribution is -0.135. The van der Waals surface area contributed by atoms with E-state index in [0.717, 1.165) is 5.56 Å². The number of hydrogen-bond donors (Lipinski definition) is 1. The van der Waals surface area contributed by atoms with E-state index >= 15 is 0 Å². The molecule has 1 atom stereocenters. The van der Waals surface area contributed by atoms with Crippen LogP contribution in [-0.2, 0) is 9.53 Å². The van der Waals surface area contributed by atoms with E-state index in [9.17, 15) is 18.4 Å². The van der Waals surface area contributed by atoms with Crippen LogP contribution in [0.2, 0.25) is 0 Å². The third kappa shape index (κ3) is 3.83. The quantitative estimate of drug-likeness (QED) is 0.856. The van der Waals surface area contributed by atoms with Gasteiger partial charge in [0.1, 0.15) is 18.2 Å². The SMILES string of the molecule is O=C1N[C@H](CCC(=O)N2CC(c3ccc(-c4ccc(F)cc4)c(F)c3)C2)CO1. The normalized spacial score (nSPS) is 19.1. The van der Waals surface area contributed by atoms with Crippen LogP contribution in [0.5, 0.6) is 0 Å². The summed E-state index contributed by atoms with van der Waals surface area (Å²) in [7, 11) is 0. The van der Waals surface area contributed by atoms with Gasteiger partial charge in [-0.05, 0) is 35.7 Å². The Balaban J connectivity index is 1.31. The van der Waals surface area contributed by atoms with Crippen LogP contribution in [0.25, 0.3) is 11.1 Å². The van der Waals surface area contributed by atoms with Crippen molar-refractivity contribution in [2.45, 2.75) is 24.8 Å². The molecule has 7 heteroatoms. The lowest BCUT2D eigenvalue weighted by Gasteiger charge is -2.40. The summed E-state index contributed by atoms with van der Waals surface area (Å²) < 4.78 is 32.4. The first kappa shape index (κ1) is 18.4. The van der Waals surface area contributed by atoms with Gasteiger partial charge < -0.3 is 15.0 Å². The molecule has 5 nitrogen and oxygen atoms in total. The van der Waals surface area contributed by atoms with Crippen molar-refractivity contribution < 1.29 is 23.1 Å². The van der Waals surface area contributed by atoms with Crippen molar-refractivity contribution in [2.75, 3.05) is 19.7 Å². The van der Waals surface area contributed by atoms with Gasteiger partial charge in [0.25, 0.3) is 0 Å². The van der Waals surface area contributed by atoms with Crippen LogP contribution < -0.4 is 5.32 Å². The molecular formula is C21H20F2N2O3. The zero-order valence-corrected chi connectivity index (χ0v) is 15.2. The molecule has 0 aromatic heterocycles. The molecule has 146 valence electrons. The Morgan fingerprint density at radius 1 is 1.14 bits per heavy atom. The summed E-state index contributed by atoms with van der Waals surface area (Å²) in [6, 6.07) is 10.7. The fourth-order valence-corrected chi connectivity index (χ4v) is 3.58. The maximum Gasteiger partial charge on any atom is 0.407 e. The number of amides is 2. The number of benzene rings is 2. The average Bonchev–Trinajstić information content (AvgIpc) is 3.05. The van der Waals surface area contributed by atoms with Crippen molar-refractivity contribution in [3.63, 3.8) is 0 Å². The molecule has 2 aromatic rings. The number of nitrogens with one attached hydrogen (secondary N) is 1. The molecule has 4 rings (SSSR count). The lowest BCUT2D eigenvalue weighted by Crippen LogP contribution is -2.48. The molecule has 2 aliphatic rings. The Bertz CT molecular complexity index is 895. The highest BCUT2D eigenvalue weighted by Gasteiger charge is 2.32. The third-order valence-electron chi connectivity index (χ3n) is 5.30. The van der Waals surface area contributed by atoms with E-state index in [1.54, 1.807) is 23.1 Å². The van der Waals surface area contributed by atoms with E-state index in [2.05, 4.69) is 5.32 Å². The smallest absolute Gasteiger partial charge is 0.407 e. The van der Waals surface area contributed by atoms with Crippen molar-refractivity contribution in [3.8, 4) is 11.1 Å². The van der Waals surface area contributed by atoms with E-state index in [0.29, 0.717) is 43.7 Å². The van der Waals surface area contributed by atoms with Crippen LogP contribution in [0.4, 0.5) is 13.6 Å². The highest BCUT2D eigenvalue weighted by Crippen LogP contribution is 2.31. The molecule has 2 heterocycles. The summed E-state index contributed by atoms with van der Waals surface area (Å²) in [5, 5.41) is 2.65. The summed E-state index contributed by atoms with van der Waals surface area (Å²) in [6.45, 7) is 1.41. The van der Waals surface area contributed by atoms with Crippen LogP contribution in [0.3, 0.4) is 0 Å². The number of rotatable bonds is 5. The number of hydrogen-bond acceptors (Lipinski definition) is 3. The minimum Gasteiger partial charge on any atom is -0.447 e. The van der Waals surface area contributed by atoms with E-state index in [4.69, 9.17) is 4.74 Å². The molecule has 0 unspecified atom stereocenters. The molecule has 2 amide bonds. The number of carbonyl (C=O) groups excluding carboxylic acids is 2. The molecule has 2 aromatic carbocycles. The van der Waals surface area contributed by atoms with Crippen molar-refractivity contribution in [1.82, 2.24) is 10.2 Å². The number of carbonyl (C=O) groups is 2. The van der Waals surface area contributed by atoms with Gasteiger partial charge in [0.2, 0.25) is 5.91 Å². The minimum atomic E-state index is -0.437. The number of halogens is 2. The molecule has 0 aliphatic carbocycles. The maximum absolute atomic E-state index is 14.5. The molecular weight excluding hydrogens is 366 g/mol. The molecule has 0 spiro atoms. The highest BCUT2D eigenvalue weighted by atomic mass is 19.1. The van der Waals surface area contributed by atoms with E-state index in [-0.39, 0.29) is 29.5 Å². The molecule has 2 saturated heterocycles. The number of ether oxygens (including phenoxy) is 1. The van der Waals surface area contributed by atoms with Gasteiger partial charge in [0, 0.05) is 31.0 Å². The van der Waals surface area contributed by atoms with E-state index < -0.39 is 6.09 Å². The highest BCUT2D eigenvalue weighted by molar-refractivity contribution is 5.77. The number of alkyl carbamates (subject to hydrolysis) is 1. The summed E-state index contributed by atoms with van der Waals surface area (Å²) in [5.41, 5.74) is 1.90. The molecule has 1 N–H and O–H groups in total. The standard InChI is InChI=1S/C21H20F2N2O3/c22-16-4-1-13(2-5-16)18-7-3-14(9-19(18)23)15-10-25(11-15)20(26)8-6-17-12-28-21(27)24-17/h1-5,7,9,15,17H,6,8,10-12H2,(H,24,27)/t17-/m1/s1. The molecule has 0 saturated carbocycles. The monoisotopic (exact) mass is 386 g/mol. The first-order valence-electron chi connectivity index (χ1n) is 9.26. The van der Waals surface area contributed by atoms with Gasteiger partial charge in [-0.25, -0.2) is 13.6 Å². The van der Waals surface area contributed by atoms with E-state index in [1.165, 1.54) is 18.2 Å². The van der Waals surface area contributed by atoms with E-state index in [1.807, 2.05) is 6.07 Å². The van der Waals surface area contributed by atoms with Gasteiger partial charge in [0.05, 0.1) is 6.04 Å². The summed E-state index contributed by atoms with van der Waals surface area (Å²) >= 11 is 0. The molecule has 2 fully saturated rings. The van der Waals surface area contributed by atoms with Crippen LogP contribution in [0, 0.1) is 11.6 Å². The second-order valence-corrected chi connectivity index (χ2v) is 7.22. The van der Waals surface area contributed by atoms with Crippen molar-refractivity contribution >= 4 is 12.0 Å². The van der Waals surface area contributed by atoms with Gasteiger partial charge >= 0.3 is 6.09 Å². The predicted molar refractivity (Wildman–Crippen MR) is 98.6 cm³/mol. The molecule has 0 bridgehead atoms. The first-order chi connectivity index (χ1) is 13.5. The Labute approximate surface area is 161 Å². The second-order valence-electron chi connectivity index (χ2n) is 7.22. The van der Waals surface area contributed by atoms with Crippen LogP contribution >= 0.6 is 0 Å². The fraction of sp³-hybridized carbons (Fsp3) is 0.333. The van der Waals surface area contributed by atoms with Gasteiger partial charge in [0.15, 0.2) is 0 Å². The Hall–Kier alpha value is -2.96. The van der Waals surface area contributed by atoms with Crippen LogP contribution in [-0.4, -0.2) is 42.6 Å².